The number of piperazine rings is 1. The number of carbonyl (C=O) groups is 1. The van der Waals surface area contributed by atoms with E-state index in [-0.39, 0.29) is 24.4 Å². The zero-order chi connectivity index (χ0) is 19.1. The summed E-state index contributed by atoms with van der Waals surface area (Å²) >= 11 is 0. The van der Waals surface area contributed by atoms with E-state index in [9.17, 15) is 4.79 Å². The second kappa shape index (κ2) is 8.05. The van der Waals surface area contributed by atoms with Crippen LogP contribution in [-0.4, -0.2) is 50.6 Å². The molecular formula is C21H28ClN5O. The van der Waals surface area contributed by atoms with E-state index in [0.29, 0.717) is 18.9 Å². The first-order valence-corrected chi connectivity index (χ1v) is 9.73. The van der Waals surface area contributed by atoms with Crippen LogP contribution in [-0.2, 0) is 11.2 Å². The fourth-order valence-electron chi connectivity index (χ4n) is 4.12. The summed E-state index contributed by atoms with van der Waals surface area (Å²) in [4.78, 5) is 19.6. The van der Waals surface area contributed by atoms with E-state index in [0.717, 1.165) is 46.6 Å². The lowest BCUT2D eigenvalue weighted by Gasteiger charge is -2.38. The van der Waals surface area contributed by atoms with Gasteiger partial charge >= 0.3 is 0 Å². The van der Waals surface area contributed by atoms with Gasteiger partial charge in [0.2, 0.25) is 5.91 Å². The summed E-state index contributed by atoms with van der Waals surface area (Å²) in [6, 6.07) is 8.63. The fourth-order valence-corrected chi connectivity index (χ4v) is 4.12. The van der Waals surface area contributed by atoms with Crippen LogP contribution in [0.15, 0.2) is 24.3 Å². The molecule has 6 nitrogen and oxygen atoms in total. The summed E-state index contributed by atoms with van der Waals surface area (Å²) in [6.07, 6.45) is 1.20. The van der Waals surface area contributed by atoms with Gasteiger partial charge in [-0.1, -0.05) is 12.1 Å². The predicted molar refractivity (Wildman–Crippen MR) is 114 cm³/mol. The first-order chi connectivity index (χ1) is 13.0. The third kappa shape index (κ3) is 3.47. The maximum Gasteiger partial charge on any atom is 0.223 e. The molecule has 1 aliphatic rings. The first-order valence-electron chi connectivity index (χ1n) is 9.73. The van der Waals surface area contributed by atoms with Crippen molar-refractivity contribution >= 4 is 34.9 Å². The van der Waals surface area contributed by atoms with Gasteiger partial charge in [0.25, 0.3) is 0 Å². The van der Waals surface area contributed by atoms with Gasteiger partial charge in [0, 0.05) is 48.4 Å². The van der Waals surface area contributed by atoms with Crippen molar-refractivity contribution in [1.29, 1.82) is 0 Å². The second-order valence-corrected chi connectivity index (χ2v) is 7.58. The molecule has 3 aromatic rings. The van der Waals surface area contributed by atoms with Crippen LogP contribution in [0, 0.1) is 13.8 Å². The smallest absolute Gasteiger partial charge is 0.223 e. The number of carbonyl (C=O) groups excluding carboxylic acids is 1. The molecule has 1 fully saturated rings. The summed E-state index contributed by atoms with van der Waals surface area (Å²) < 4.78 is 1.92. The number of fused-ring (bicyclic) bond motifs is 3. The van der Waals surface area contributed by atoms with Crippen LogP contribution in [0.2, 0.25) is 0 Å². The number of nitrogens with one attached hydrogen (secondary N) is 1. The molecule has 1 N–H and O–H groups in total. The van der Waals surface area contributed by atoms with E-state index >= 15 is 0 Å². The molecule has 0 bridgehead atoms. The molecule has 1 saturated heterocycles. The van der Waals surface area contributed by atoms with Crippen molar-refractivity contribution in [1.82, 2.24) is 24.8 Å². The number of nitrogens with zero attached hydrogens (tertiary/aromatic N) is 4. The molecule has 1 aromatic carbocycles. The highest BCUT2D eigenvalue weighted by atomic mass is 35.5. The van der Waals surface area contributed by atoms with E-state index in [1.807, 2.05) is 34.5 Å². The summed E-state index contributed by atoms with van der Waals surface area (Å²) in [6.45, 7) is 10.0. The molecule has 0 spiro atoms. The van der Waals surface area contributed by atoms with Crippen LogP contribution in [0.3, 0.4) is 0 Å². The Morgan fingerprint density at radius 2 is 2.00 bits per heavy atom. The largest absolute Gasteiger partial charge is 0.337 e. The Kier molecular flexibility index (Phi) is 5.91. The molecule has 0 radical (unpaired) electrons. The van der Waals surface area contributed by atoms with Gasteiger partial charge in [-0.3, -0.25) is 4.79 Å². The lowest BCUT2D eigenvalue weighted by molar-refractivity contribution is -0.134. The molecule has 2 aromatic heterocycles. The van der Waals surface area contributed by atoms with Crippen molar-refractivity contribution in [3.63, 3.8) is 0 Å². The standard InChI is InChI=1S/C21H27N5O.ClH/c1-13-15(3)25(12-11-22-13)20(27)10-9-17-14(2)23-21-18-7-5-6-8-19(18)24-26(21)16(17)4;/h5-8,13,15,22H,9-12H2,1-4H3;1H. The molecule has 28 heavy (non-hydrogen) atoms. The number of aryl methyl sites for hydroxylation is 2. The Balaban J connectivity index is 0.00000225. The highest BCUT2D eigenvalue weighted by Gasteiger charge is 2.28. The Morgan fingerprint density at radius 1 is 1.25 bits per heavy atom. The SMILES string of the molecule is Cc1nc2c3ccccc3nn2c(C)c1CCC(=O)N1CCNC(C)C1C.Cl. The Hall–Kier alpha value is -2.18. The number of aromatic nitrogens is 3. The van der Waals surface area contributed by atoms with Crippen molar-refractivity contribution in [2.75, 3.05) is 13.1 Å². The molecule has 150 valence electrons. The third-order valence-corrected chi connectivity index (χ3v) is 5.96. The summed E-state index contributed by atoms with van der Waals surface area (Å²) in [5.74, 6) is 0.223. The van der Waals surface area contributed by atoms with Crippen molar-refractivity contribution in [3.8, 4) is 0 Å². The average molecular weight is 402 g/mol. The number of rotatable bonds is 3. The van der Waals surface area contributed by atoms with Gasteiger partial charge in [0.1, 0.15) is 0 Å². The van der Waals surface area contributed by atoms with E-state index in [1.54, 1.807) is 0 Å². The molecular weight excluding hydrogens is 374 g/mol. The van der Waals surface area contributed by atoms with Gasteiger partial charge in [-0.05, 0) is 51.8 Å². The molecule has 1 aliphatic heterocycles. The van der Waals surface area contributed by atoms with Crippen LogP contribution in [0.25, 0.3) is 16.6 Å². The molecule has 1 amide bonds. The molecule has 4 rings (SSSR count). The quantitative estimate of drug-likeness (QED) is 0.732. The minimum Gasteiger partial charge on any atom is -0.337 e. The molecule has 0 saturated carbocycles. The topological polar surface area (TPSA) is 62.5 Å². The summed E-state index contributed by atoms with van der Waals surface area (Å²) in [5, 5.41) is 9.20. The van der Waals surface area contributed by atoms with Gasteiger partial charge in [0.15, 0.2) is 5.65 Å². The Bertz CT molecular complexity index is 1010. The van der Waals surface area contributed by atoms with Crippen LogP contribution >= 0.6 is 12.4 Å². The van der Waals surface area contributed by atoms with Crippen LogP contribution in [0.5, 0.6) is 0 Å². The lowest BCUT2D eigenvalue weighted by Crippen LogP contribution is -2.57. The molecule has 2 atom stereocenters. The maximum absolute atomic E-state index is 12.8. The zero-order valence-corrected chi connectivity index (χ0v) is 17.7. The second-order valence-electron chi connectivity index (χ2n) is 7.58. The minimum absolute atomic E-state index is 0. The van der Waals surface area contributed by atoms with E-state index in [1.165, 1.54) is 0 Å². The van der Waals surface area contributed by atoms with Crippen molar-refractivity contribution in [2.24, 2.45) is 0 Å². The van der Waals surface area contributed by atoms with Gasteiger partial charge < -0.3 is 10.2 Å². The number of amides is 1. The predicted octanol–water partition coefficient (Wildman–Crippen LogP) is 3.06. The van der Waals surface area contributed by atoms with Gasteiger partial charge in [-0.15, -0.1) is 12.4 Å². The Labute approximate surface area is 171 Å². The summed E-state index contributed by atoms with van der Waals surface area (Å²) in [7, 11) is 0. The highest BCUT2D eigenvalue weighted by molar-refractivity contribution is 5.92. The molecule has 0 aliphatic carbocycles. The minimum atomic E-state index is 0. The summed E-state index contributed by atoms with van der Waals surface area (Å²) in [5.41, 5.74) is 5.02. The number of hydrogen-bond donors (Lipinski definition) is 1. The zero-order valence-electron chi connectivity index (χ0n) is 16.9. The van der Waals surface area contributed by atoms with Gasteiger partial charge in [-0.25, -0.2) is 9.50 Å². The van der Waals surface area contributed by atoms with Crippen LogP contribution < -0.4 is 5.32 Å². The van der Waals surface area contributed by atoms with E-state index in [2.05, 4.69) is 32.2 Å². The van der Waals surface area contributed by atoms with E-state index < -0.39 is 0 Å². The fraction of sp³-hybridized carbons (Fsp3) is 0.476. The lowest BCUT2D eigenvalue weighted by atomic mass is 10.0. The first kappa shape index (κ1) is 20.6. The number of benzene rings is 1. The number of halogens is 1. The maximum atomic E-state index is 12.8. The highest BCUT2D eigenvalue weighted by Crippen LogP contribution is 2.23. The van der Waals surface area contributed by atoms with Crippen molar-refractivity contribution in [3.05, 3.63) is 41.2 Å². The average Bonchev–Trinajstić information content (AvgIpc) is 3.02. The van der Waals surface area contributed by atoms with Crippen LogP contribution in [0.4, 0.5) is 0 Å². The third-order valence-electron chi connectivity index (χ3n) is 5.96. The monoisotopic (exact) mass is 401 g/mol. The molecule has 7 heteroatoms. The van der Waals surface area contributed by atoms with Crippen LogP contribution in [0.1, 0.15) is 37.2 Å². The van der Waals surface area contributed by atoms with Gasteiger partial charge in [0.05, 0.1) is 5.52 Å². The van der Waals surface area contributed by atoms with Crippen molar-refractivity contribution in [2.45, 2.75) is 52.6 Å². The number of hydrogen-bond acceptors (Lipinski definition) is 4. The van der Waals surface area contributed by atoms with E-state index in [4.69, 9.17) is 10.1 Å². The normalized spacial score (nSPS) is 19.8. The van der Waals surface area contributed by atoms with Crippen molar-refractivity contribution < 1.29 is 4.79 Å². The molecule has 3 heterocycles. The van der Waals surface area contributed by atoms with Gasteiger partial charge in [-0.2, -0.15) is 5.10 Å². The Morgan fingerprint density at radius 3 is 2.79 bits per heavy atom. The molecule has 2 unspecified atom stereocenters.